The van der Waals surface area contributed by atoms with E-state index in [0.29, 0.717) is 103 Å². The molecule has 0 aromatic carbocycles. The highest BCUT2D eigenvalue weighted by Crippen LogP contribution is 2.26. The summed E-state index contributed by atoms with van der Waals surface area (Å²) in [6, 6.07) is 0. The van der Waals surface area contributed by atoms with Gasteiger partial charge in [-0.2, -0.15) is 0 Å². The molecular formula is C50H78O19. The van der Waals surface area contributed by atoms with Crippen LogP contribution in [0, 0.1) is 10.8 Å². The van der Waals surface area contributed by atoms with Crippen LogP contribution >= 0.6 is 0 Å². The molecule has 0 rings (SSSR count). The number of aliphatic hydroxyl groups is 2. The predicted molar refractivity (Wildman–Crippen MR) is 252 cm³/mol. The summed E-state index contributed by atoms with van der Waals surface area (Å²) in [6.07, 6.45) is 15.6. The van der Waals surface area contributed by atoms with Gasteiger partial charge in [0.05, 0.1) is 37.3 Å². The van der Waals surface area contributed by atoms with Gasteiger partial charge in [-0.05, 0) is 105 Å². The second kappa shape index (κ2) is 37.5. The van der Waals surface area contributed by atoms with Crippen molar-refractivity contribution in [2.75, 3.05) is 52.9 Å². The maximum atomic E-state index is 13.1. The second-order valence-corrected chi connectivity index (χ2v) is 17.6. The Morgan fingerprint density at radius 1 is 0.348 bits per heavy atom. The Morgan fingerprint density at radius 3 is 0.754 bits per heavy atom. The van der Waals surface area contributed by atoms with E-state index in [1.807, 2.05) is 0 Å². The quantitative estimate of drug-likeness (QED) is 0.0154. The molecule has 19 nitrogen and oxygen atoms in total. The van der Waals surface area contributed by atoms with Gasteiger partial charge in [-0.15, -0.1) is 0 Å². The summed E-state index contributed by atoms with van der Waals surface area (Å²) in [5.74, 6) is -6.52. The fourth-order valence-electron chi connectivity index (χ4n) is 6.33. The van der Waals surface area contributed by atoms with Crippen LogP contribution in [0.3, 0.4) is 0 Å². The van der Waals surface area contributed by atoms with Crippen molar-refractivity contribution in [3.8, 4) is 0 Å². The van der Waals surface area contributed by atoms with Gasteiger partial charge in [0.2, 0.25) is 0 Å². The summed E-state index contributed by atoms with van der Waals surface area (Å²) < 4.78 is 28.5. The van der Waals surface area contributed by atoms with Crippen LogP contribution < -0.4 is 0 Å². The highest BCUT2D eigenvalue weighted by Gasteiger charge is 2.39. The van der Waals surface area contributed by atoms with E-state index in [1.165, 1.54) is 27.7 Å². The molecule has 19 heteroatoms. The van der Waals surface area contributed by atoms with Crippen molar-refractivity contribution in [1.29, 1.82) is 0 Å². The van der Waals surface area contributed by atoms with Gasteiger partial charge in [0, 0.05) is 48.0 Å². The molecule has 0 heterocycles. The standard InChI is InChI=1S/C50H78O19/c1-37(21-13-5-9-17-25-41(53)54)45(61)66-33-49(29-51,34-67-46(62)38(2)22-14-6-10-18-26-42(55)56)31-65-32-50(30-52,35-68-47(63)39(3)23-15-7-11-19-27-43(57)58)36-69-48(64)40(4)24-16-8-12-20-28-44(59)60/h21-24,51-52H,5-20,25-36H2,1-4H3,(H,53,54)(H,55,56)(H,57,58)(H,59,60). The number of esters is 4. The van der Waals surface area contributed by atoms with Crippen LogP contribution in [0.15, 0.2) is 46.6 Å². The van der Waals surface area contributed by atoms with Gasteiger partial charge in [0.1, 0.15) is 26.4 Å². The fraction of sp³-hybridized carbons (Fsp3) is 0.680. The first-order chi connectivity index (χ1) is 32.7. The number of hydrogen-bond acceptors (Lipinski definition) is 15. The Labute approximate surface area is 405 Å². The SMILES string of the molecule is CC(=CCCCCCC(=O)O)C(=O)OCC(CO)(COCC(CO)(COC(=O)C(C)=CCCCCCC(=O)O)COC(=O)C(C)=CCCCCCC(=O)O)COC(=O)C(C)=CCCCCCC(=O)O. The Balaban J connectivity index is 6.38. The summed E-state index contributed by atoms with van der Waals surface area (Å²) in [6.45, 7) is 1.71. The third kappa shape index (κ3) is 32.1. The molecule has 0 aromatic heterocycles. The van der Waals surface area contributed by atoms with Crippen LogP contribution in [0.2, 0.25) is 0 Å². The summed E-state index contributed by atoms with van der Waals surface area (Å²) in [5, 5.41) is 57.1. The van der Waals surface area contributed by atoms with Crippen LogP contribution in [-0.2, 0) is 62.0 Å². The van der Waals surface area contributed by atoms with Gasteiger partial charge in [-0.3, -0.25) is 19.2 Å². The Hall–Kier alpha value is -5.40. The van der Waals surface area contributed by atoms with Gasteiger partial charge in [0.15, 0.2) is 0 Å². The van der Waals surface area contributed by atoms with E-state index in [2.05, 4.69) is 0 Å². The third-order valence-corrected chi connectivity index (χ3v) is 11.0. The lowest BCUT2D eigenvalue weighted by atomic mass is 9.90. The number of carbonyl (C=O) groups excluding carboxylic acids is 4. The van der Waals surface area contributed by atoms with Gasteiger partial charge in [-0.1, -0.05) is 50.0 Å². The molecule has 0 fully saturated rings. The number of aliphatic carboxylic acids is 4. The second-order valence-electron chi connectivity index (χ2n) is 17.6. The summed E-state index contributed by atoms with van der Waals surface area (Å²) in [5.41, 5.74) is -2.19. The van der Waals surface area contributed by atoms with E-state index >= 15 is 0 Å². The third-order valence-electron chi connectivity index (χ3n) is 11.0. The number of unbranched alkanes of at least 4 members (excludes halogenated alkanes) is 12. The first kappa shape index (κ1) is 63.6. The molecule has 0 aliphatic carbocycles. The molecule has 6 N–H and O–H groups in total. The number of allylic oxidation sites excluding steroid dienone is 4. The minimum Gasteiger partial charge on any atom is -0.481 e. The maximum absolute atomic E-state index is 13.1. The van der Waals surface area contributed by atoms with E-state index in [1.54, 1.807) is 24.3 Å². The summed E-state index contributed by atoms with van der Waals surface area (Å²) in [4.78, 5) is 95.8. The fourth-order valence-corrected chi connectivity index (χ4v) is 6.33. The van der Waals surface area contributed by atoms with E-state index in [4.69, 9.17) is 44.1 Å². The molecule has 0 spiro atoms. The van der Waals surface area contributed by atoms with Gasteiger partial charge in [0.25, 0.3) is 0 Å². The number of carboxylic acid groups (broad SMARTS) is 4. The topological polar surface area (TPSA) is 304 Å². The molecular weight excluding hydrogens is 905 g/mol. The summed E-state index contributed by atoms with van der Waals surface area (Å²) in [7, 11) is 0. The van der Waals surface area contributed by atoms with Gasteiger partial charge >= 0.3 is 47.8 Å². The van der Waals surface area contributed by atoms with Crippen molar-refractivity contribution in [3.05, 3.63) is 46.6 Å². The van der Waals surface area contributed by atoms with Crippen LogP contribution in [0.4, 0.5) is 0 Å². The van der Waals surface area contributed by atoms with E-state index in [9.17, 15) is 48.6 Å². The number of ether oxygens (including phenoxy) is 5. The zero-order chi connectivity index (χ0) is 52.1. The lowest BCUT2D eigenvalue weighted by Crippen LogP contribution is -2.46. The van der Waals surface area contributed by atoms with Crippen molar-refractivity contribution in [2.45, 2.75) is 156 Å². The highest BCUT2D eigenvalue weighted by atomic mass is 16.6. The zero-order valence-corrected chi connectivity index (χ0v) is 41.1. The lowest BCUT2D eigenvalue weighted by Gasteiger charge is -2.34. The molecule has 69 heavy (non-hydrogen) atoms. The lowest BCUT2D eigenvalue weighted by molar-refractivity contribution is -0.164. The Kier molecular flexibility index (Phi) is 34.6. The van der Waals surface area contributed by atoms with E-state index in [0.717, 1.165) is 0 Å². The van der Waals surface area contributed by atoms with E-state index < -0.39 is 111 Å². The molecule has 0 radical (unpaired) electrons. The largest absolute Gasteiger partial charge is 0.481 e. The number of rotatable bonds is 42. The van der Waals surface area contributed by atoms with Crippen LogP contribution in [0.25, 0.3) is 0 Å². The highest BCUT2D eigenvalue weighted by molar-refractivity contribution is 5.89. The molecule has 0 saturated heterocycles. The van der Waals surface area contributed by atoms with Crippen molar-refractivity contribution >= 4 is 47.8 Å². The first-order valence-corrected chi connectivity index (χ1v) is 23.7. The number of aliphatic hydroxyl groups excluding tert-OH is 2. The molecule has 0 saturated carbocycles. The minimum atomic E-state index is -1.58. The average Bonchev–Trinajstić information content (AvgIpc) is 3.31. The predicted octanol–water partition coefficient (Wildman–Crippen LogP) is 7.06. The normalized spacial score (nSPS) is 14.0. The molecule has 0 aliphatic rings. The van der Waals surface area contributed by atoms with Crippen molar-refractivity contribution in [1.82, 2.24) is 0 Å². The van der Waals surface area contributed by atoms with Gasteiger partial charge < -0.3 is 54.3 Å². The van der Waals surface area contributed by atoms with Crippen molar-refractivity contribution in [3.63, 3.8) is 0 Å². The average molecular weight is 983 g/mol. The van der Waals surface area contributed by atoms with Crippen LogP contribution in [0.5, 0.6) is 0 Å². The molecule has 0 aromatic rings. The molecule has 0 unspecified atom stereocenters. The van der Waals surface area contributed by atoms with E-state index in [-0.39, 0.29) is 48.0 Å². The van der Waals surface area contributed by atoms with Crippen molar-refractivity contribution < 1.29 is 92.7 Å². The van der Waals surface area contributed by atoms with Crippen molar-refractivity contribution in [2.24, 2.45) is 10.8 Å². The number of carbonyl (C=O) groups is 8. The van der Waals surface area contributed by atoms with Crippen LogP contribution in [0.1, 0.15) is 156 Å². The number of carboxylic acids is 4. The number of hydrogen-bond donors (Lipinski definition) is 6. The molecule has 0 aliphatic heterocycles. The Bertz CT molecular complexity index is 1500. The molecule has 0 bridgehead atoms. The van der Waals surface area contributed by atoms with Crippen LogP contribution in [-0.4, -0.2) is 131 Å². The molecule has 392 valence electrons. The summed E-state index contributed by atoms with van der Waals surface area (Å²) >= 11 is 0. The smallest absolute Gasteiger partial charge is 0.333 e. The Morgan fingerprint density at radius 2 is 0.565 bits per heavy atom. The maximum Gasteiger partial charge on any atom is 0.333 e. The monoisotopic (exact) mass is 983 g/mol. The minimum absolute atomic E-state index is 0.0359. The molecule has 0 atom stereocenters. The van der Waals surface area contributed by atoms with Gasteiger partial charge in [-0.25, -0.2) is 19.2 Å². The molecule has 0 amide bonds. The zero-order valence-electron chi connectivity index (χ0n) is 41.1. The first-order valence-electron chi connectivity index (χ1n) is 23.7.